The van der Waals surface area contributed by atoms with Gasteiger partial charge in [-0.25, -0.2) is 13.2 Å². The van der Waals surface area contributed by atoms with Crippen LogP contribution in [0.1, 0.15) is 28.8 Å². The number of Topliss-reactive ketones (excluding diaryl/α,β-unsaturated/α-hetero) is 1. The minimum atomic E-state index is -1.14. The molecule has 0 unspecified atom stereocenters. The maximum atomic E-state index is 14.0. The van der Waals surface area contributed by atoms with Crippen molar-refractivity contribution in [1.82, 2.24) is 4.98 Å². The average molecular weight is 384 g/mol. The molecule has 144 valence electrons. The van der Waals surface area contributed by atoms with Crippen LogP contribution in [0.25, 0.3) is 10.9 Å². The third-order valence-electron chi connectivity index (χ3n) is 5.41. The molecule has 3 nitrogen and oxygen atoms in total. The number of para-hydroxylation sites is 1. The smallest absolute Gasteiger partial charge is 0.171 e. The van der Waals surface area contributed by atoms with Crippen molar-refractivity contribution in [1.29, 1.82) is 0 Å². The van der Waals surface area contributed by atoms with E-state index in [-0.39, 0.29) is 0 Å². The van der Waals surface area contributed by atoms with Crippen LogP contribution in [0.15, 0.2) is 42.6 Å². The lowest BCUT2D eigenvalue weighted by Crippen LogP contribution is -2.37. The van der Waals surface area contributed by atoms with Crippen molar-refractivity contribution >= 4 is 22.4 Å². The molecule has 0 spiro atoms. The molecular weight excluding hydrogens is 365 g/mol. The second kappa shape index (κ2) is 7.26. The average Bonchev–Trinajstić information content (AvgIpc) is 2.67. The van der Waals surface area contributed by atoms with Crippen LogP contribution in [0.2, 0.25) is 0 Å². The molecule has 28 heavy (non-hydrogen) atoms. The first-order valence-electron chi connectivity index (χ1n) is 9.23. The van der Waals surface area contributed by atoms with Crippen molar-refractivity contribution in [3.63, 3.8) is 0 Å². The predicted molar refractivity (Wildman–Crippen MR) is 102 cm³/mol. The normalized spacial score (nSPS) is 15.2. The molecule has 0 N–H and O–H groups in total. The number of anilines is 1. The van der Waals surface area contributed by atoms with Gasteiger partial charge in [0.05, 0.1) is 11.1 Å². The zero-order valence-electron chi connectivity index (χ0n) is 15.4. The van der Waals surface area contributed by atoms with E-state index in [4.69, 9.17) is 0 Å². The Balaban J connectivity index is 1.55. The first-order chi connectivity index (χ1) is 13.5. The van der Waals surface area contributed by atoms with Crippen molar-refractivity contribution in [2.24, 2.45) is 5.92 Å². The van der Waals surface area contributed by atoms with Crippen molar-refractivity contribution < 1.29 is 18.0 Å². The molecule has 0 atom stereocenters. The Hall–Kier alpha value is -2.89. The fraction of sp³-hybridized carbons (Fsp3) is 0.273. The Morgan fingerprint density at radius 1 is 1.07 bits per heavy atom. The summed E-state index contributed by atoms with van der Waals surface area (Å²) >= 11 is 0. The molecule has 6 heteroatoms. The molecule has 4 rings (SSSR count). The monoisotopic (exact) mass is 384 g/mol. The van der Waals surface area contributed by atoms with Gasteiger partial charge in [0.25, 0.3) is 0 Å². The van der Waals surface area contributed by atoms with Crippen LogP contribution < -0.4 is 4.90 Å². The van der Waals surface area contributed by atoms with E-state index < -0.39 is 34.7 Å². The zero-order valence-corrected chi connectivity index (χ0v) is 15.4. The number of rotatable bonds is 3. The second-order valence-corrected chi connectivity index (χ2v) is 7.17. The molecule has 0 aliphatic carbocycles. The molecule has 1 fully saturated rings. The van der Waals surface area contributed by atoms with Gasteiger partial charge in [-0.05, 0) is 31.4 Å². The summed E-state index contributed by atoms with van der Waals surface area (Å²) in [5.41, 5.74) is 2.43. The van der Waals surface area contributed by atoms with E-state index in [0.29, 0.717) is 38.1 Å². The van der Waals surface area contributed by atoms with Crippen molar-refractivity contribution in [3.8, 4) is 0 Å². The Kier molecular flexibility index (Phi) is 4.79. The lowest BCUT2D eigenvalue weighted by molar-refractivity contribution is 0.0891. The standard InChI is InChI=1S/C22H19F3N2O/c1-13-3-2-4-16-19(5-8-26-21(13)16)27-9-6-14(7-10-27)22(28)20-17(24)11-15(23)12-18(20)25/h2-5,8,11-12,14H,6-7,9-10H2,1H3. The van der Waals surface area contributed by atoms with Gasteiger partial charge in [-0.15, -0.1) is 0 Å². The highest BCUT2D eigenvalue weighted by molar-refractivity contribution is 5.99. The molecule has 0 amide bonds. The molecule has 1 aliphatic rings. The number of nitrogens with zero attached hydrogens (tertiary/aromatic N) is 2. The van der Waals surface area contributed by atoms with E-state index in [1.807, 2.05) is 31.2 Å². The third-order valence-corrected chi connectivity index (χ3v) is 5.41. The number of hydrogen-bond acceptors (Lipinski definition) is 3. The van der Waals surface area contributed by atoms with Crippen LogP contribution in [0.4, 0.5) is 18.9 Å². The van der Waals surface area contributed by atoms with Crippen molar-refractivity contribution in [3.05, 3.63) is 71.2 Å². The highest BCUT2D eigenvalue weighted by atomic mass is 19.1. The van der Waals surface area contributed by atoms with Crippen molar-refractivity contribution in [2.45, 2.75) is 19.8 Å². The molecule has 1 aliphatic heterocycles. The van der Waals surface area contributed by atoms with Crippen LogP contribution >= 0.6 is 0 Å². The van der Waals surface area contributed by atoms with Gasteiger partial charge < -0.3 is 4.90 Å². The third kappa shape index (κ3) is 3.23. The van der Waals surface area contributed by atoms with Gasteiger partial charge >= 0.3 is 0 Å². The second-order valence-electron chi connectivity index (χ2n) is 7.17. The Morgan fingerprint density at radius 3 is 2.43 bits per heavy atom. The highest BCUT2D eigenvalue weighted by Gasteiger charge is 2.30. The van der Waals surface area contributed by atoms with Gasteiger partial charge in [0, 0.05) is 48.4 Å². The van der Waals surface area contributed by atoms with Crippen LogP contribution in [0.3, 0.4) is 0 Å². The van der Waals surface area contributed by atoms with Gasteiger partial charge in [0.2, 0.25) is 0 Å². The number of aromatic nitrogens is 1. The van der Waals surface area contributed by atoms with Crippen LogP contribution in [-0.4, -0.2) is 23.9 Å². The minimum absolute atomic E-state index is 0.477. The quantitative estimate of drug-likeness (QED) is 0.592. The van der Waals surface area contributed by atoms with E-state index in [0.717, 1.165) is 22.2 Å². The number of halogens is 3. The van der Waals surface area contributed by atoms with Crippen molar-refractivity contribution in [2.75, 3.05) is 18.0 Å². The summed E-state index contributed by atoms with van der Waals surface area (Å²) in [5.74, 6) is -4.38. The number of hydrogen-bond donors (Lipinski definition) is 0. The number of carbonyl (C=O) groups is 1. The van der Waals surface area contributed by atoms with E-state index in [9.17, 15) is 18.0 Å². The Morgan fingerprint density at radius 2 is 1.75 bits per heavy atom. The lowest BCUT2D eigenvalue weighted by atomic mass is 9.88. The molecule has 0 bridgehead atoms. The summed E-state index contributed by atoms with van der Waals surface area (Å²) in [6, 6.07) is 9.07. The topological polar surface area (TPSA) is 33.2 Å². The first-order valence-corrected chi connectivity index (χ1v) is 9.23. The lowest BCUT2D eigenvalue weighted by Gasteiger charge is -2.33. The predicted octanol–water partition coefficient (Wildman–Crippen LogP) is 5.06. The summed E-state index contributed by atoms with van der Waals surface area (Å²) in [6.07, 6.45) is 2.72. The SMILES string of the molecule is Cc1cccc2c(N3CCC(C(=O)c4c(F)cc(F)cc4F)CC3)ccnc12. The molecule has 0 saturated carbocycles. The number of pyridine rings is 1. The van der Waals surface area contributed by atoms with Crippen LogP contribution in [-0.2, 0) is 0 Å². The van der Waals surface area contributed by atoms with Gasteiger partial charge in [-0.2, -0.15) is 0 Å². The molecule has 0 radical (unpaired) electrons. The number of ketones is 1. The molecule has 2 heterocycles. The van der Waals surface area contributed by atoms with Crippen LogP contribution in [0.5, 0.6) is 0 Å². The zero-order chi connectivity index (χ0) is 19.8. The molecule has 2 aromatic carbocycles. The number of carbonyl (C=O) groups excluding carboxylic acids is 1. The molecule has 3 aromatic rings. The summed E-state index contributed by atoms with van der Waals surface area (Å²) in [7, 11) is 0. The number of benzene rings is 2. The van der Waals surface area contributed by atoms with Crippen LogP contribution in [0, 0.1) is 30.3 Å². The van der Waals surface area contributed by atoms with Gasteiger partial charge in [-0.3, -0.25) is 9.78 Å². The molecule has 1 aromatic heterocycles. The van der Waals surface area contributed by atoms with E-state index in [1.165, 1.54) is 0 Å². The molecule has 1 saturated heterocycles. The largest absolute Gasteiger partial charge is 0.371 e. The van der Waals surface area contributed by atoms with Gasteiger partial charge in [0.1, 0.15) is 17.5 Å². The number of fused-ring (bicyclic) bond motifs is 1. The summed E-state index contributed by atoms with van der Waals surface area (Å²) in [6.45, 7) is 3.19. The van der Waals surface area contributed by atoms with E-state index in [1.54, 1.807) is 6.20 Å². The number of aryl methyl sites for hydroxylation is 1. The maximum Gasteiger partial charge on any atom is 0.171 e. The highest BCUT2D eigenvalue weighted by Crippen LogP contribution is 2.32. The van der Waals surface area contributed by atoms with Gasteiger partial charge in [-0.1, -0.05) is 18.2 Å². The van der Waals surface area contributed by atoms with E-state index >= 15 is 0 Å². The number of piperidine rings is 1. The Bertz CT molecular complexity index is 1040. The first kappa shape index (κ1) is 18.5. The fourth-order valence-corrected chi connectivity index (χ4v) is 3.95. The summed E-state index contributed by atoms with van der Waals surface area (Å²) in [4.78, 5) is 19.2. The maximum absolute atomic E-state index is 14.0. The van der Waals surface area contributed by atoms with Gasteiger partial charge in [0.15, 0.2) is 5.78 Å². The Labute approximate surface area is 160 Å². The van der Waals surface area contributed by atoms with E-state index in [2.05, 4.69) is 9.88 Å². The minimum Gasteiger partial charge on any atom is -0.371 e. The fourth-order valence-electron chi connectivity index (χ4n) is 3.95. The molecular formula is C22H19F3N2O. The summed E-state index contributed by atoms with van der Waals surface area (Å²) in [5, 5.41) is 1.04. The summed E-state index contributed by atoms with van der Waals surface area (Å²) < 4.78 is 41.0.